The summed E-state index contributed by atoms with van der Waals surface area (Å²) in [5.41, 5.74) is 5.30. The Hall–Kier alpha value is -0.610. The number of ether oxygens (including phenoxy) is 1. The minimum absolute atomic E-state index is 0.106. The van der Waals surface area contributed by atoms with Gasteiger partial charge in [-0.3, -0.25) is 4.79 Å². The van der Waals surface area contributed by atoms with Gasteiger partial charge in [0.25, 0.3) is 0 Å². The van der Waals surface area contributed by atoms with Crippen LogP contribution >= 0.6 is 0 Å². The van der Waals surface area contributed by atoms with Crippen molar-refractivity contribution in [3.05, 3.63) is 0 Å². The van der Waals surface area contributed by atoms with Gasteiger partial charge in [-0.25, -0.2) is 0 Å². The predicted molar refractivity (Wildman–Crippen MR) is 64.0 cm³/mol. The molecule has 94 valence electrons. The second kappa shape index (κ2) is 6.86. The largest absolute Gasteiger partial charge is 0.384 e. The third-order valence-electron chi connectivity index (χ3n) is 3.34. The molecule has 0 bridgehead atoms. The van der Waals surface area contributed by atoms with Crippen LogP contribution in [0.3, 0.4) is 0 Å². The Morgan fingerprint density at radius 2 is 2.06 bits per heavy atom. The molecule has 0 aromatic rings. The first-order valence-electron chi connectivity index (χ1n) is 6.15. The molecule has 1 fully saturated rings. The van der Waals surface area contributed by atoms with Gasteiger partial charge >= 0.3 is 0 Å². The van der Waals surface area contributed by atoms with Crippen LogP contribution in [0.4, 0.5) is 0 Å². The summed E-state index contributed by atoms with van der Waals surface area (Å²) in [6.45, 7) is 3.95. The van der Waals surface area contributed by atoms with Crippen molar-refractivity contribution in [2.75, 3.05) is 20.3 Å². The Bertz CT molecular complexity index is 213. The molecular weight excluding hydrogens is 204 g/mol. The summed E-state index contributed by atoms with van der Waals surface area (Å²) in [5.74, 6) is 0.513. The molecule has 0 aliphatic heterocycles. The van der Waals surface area contributed by atoms with E-state index in [1.54, 1.807) is 7.11 Å². The molecular formula is C12H24N2O2. The summed E-state index contributed by atoms with van der Waals surface area (Å²) in [4.78, 5) is 11.0. The number of carbonyl (C=O) groups excluding carboxylic acids is 1. The topological polar surface area (TPSA) is 64.3 Å². The molecule has 1 amide bonds. The molecule has 4 heteroatoms. The van der Waals surface area contributed by atoms with Gasteiger partial charge in [0.15, 0.2) is 0 Å². The van der Waals surface area contributed by atoms with Crippen LogP contribution in [0.2, 0.25) is 0 Å². The van der Waals surface area contributed by atoms with Crippen LogP contribution in [0.25, 0.3) is 0 Å². The summed E-state index contributed by atoms with van der Waals surface area (Å²) in [6.07, 6.45) is 4.00. The van der Waals surface area contributed by atoms with Gasteiger partial charge in [-0.15, -0.1) is 0 Å². The Morgan fingerprint density at radius 3 is 2.56 bits per heavy atom. The van der Waals surface area contributed by atoms with E-state index in [4.69, 9.17) is 10.5 Å². The number of primary amides is 1. The van der Waals surface area contributed by atoms with Gasteiger partial charge in [0, 0.05) is 32.2 Å². The summed E-state index contributed by atoms with van der Waals surface area (Å²) in [5, 5.41) is 3.53. The first kappa shape index (κ1) is 13.5. The number of methoxy groups -OCH3 is 1. The fraction of sp³-hybridized carbons (Fsp3) is 0.917. The van der Waals surface area contributed by atoms with E-state index in [0.717, 1.165) is 38.8 Å². The lowest BCUT2D eigenvalue weighted by molar-refractivity contribution is -0.122. The molecule has 1 rings (SSSR count). The van der Waals surface area contributed by atoms with Crippen LogP contribution in [0, 0.1) is 11.8 Å². The normalized spacial score (nSPS) is 27.6. The minimum atomic E-state index is -0.133. The lowest BCUT2D eigenvalue weighted by Gasteiger charge is -2.28. The predicted octanol–water partition coefficient (Wildman–Crippen LogP) is 0.903. The number of hydrogen-bond acceptors (Lipinski definition) is 3. The Morgan fingerprint density at radius 1 is 1.44 bits per heavy atom. The van der Waals surface area contributed by atoms with E-state index in [1.807, 2.05) is 0 Å². The molecule has 1 aliphatic carbocycles. The van der Waals surface area contributed by atoms with E-state index in [9.17, 15) is 4.79 Å². The molecule has 0 saturated heterocycles. The number of carbonyl (C=O) groups is 1. The second-order valence-corrected chi connectivity index (χ2v) is 4.92. The SMILES string of the molecule is COCC(C)CNC1CCC(C(N)=O)CC1. The molecule has 16 heavy (non-hydrogen) atoms. The molecule has 0 aromatic carbocycles. The average molecular weight is 228 g/mol. The van der Waals surface area contributed by atoms with Gasteiger partial charge in [0.1, 0.15) is 0 Å². The smallest absolute Gasteiger partial charge is 0.220 e. The number of hydrogen-bond donors (Lipinski definition) is 2. The highest BCUT2D eigenvalue weighted by atomic mass is 16.5. The standard InChI is InChI=1S/C12H24N2O2/c1-9(8-16-2)7-14-11-5-3-10(4-6-11)12(13)15/h9-11,14H,3-8H2,1-2H3,(H2,13,15). The van der Waals surface area contributed by atoms with Crippen molar-refractivity contribution in [3.8, 4) is 0 Å². The minimum Gasteiger partial charge on any atom is -0.384 e. The quantitative estimate of drug-likeness (QED) is 0.710. The van der Waals surface area contributed by atoms with Gasteiger partial charge in [-0.05, 0) is 31.6 Å². The van der Waals surface area contributed by atoms with Crippen molar-refractivity contribution < 1.29 is 9.53 Å². The van der Waals surface area contributed by atoms with Crippen LogP contribution in [0.5, 0.6) is 0 Å². The number of rotatable bonds is 6. The van der Waals surface area contributed by atoms with Gasteiger partial charge in [-0.2, -0.15) is 0 Å². The summed E-state index contributed by atoms with van der Waals surface area (Å²) >= 11 is 0. The average Bonchev–Trinajstić information content (AvgIpc) is 2.27. The van der Waals surface area contributed by atoms with Crippen molar-refractivity contribution >= 4 is 5.91 Å². The van der Waals surface area contributed by atoms with E-state index in [2.05, 4.69) is 12.2 Å². The van der Waals surface area contributed by atoms with Gasteiger partial charge in [0.2, 0.25) is 5.91 Å². The van der Waals surface area contributed by atoms with E-state index in [1.165, 1.54) is 0 Å². The Balaban J connectivity index is 2.14. The molecule has 0 radical (unpaired) electrons. The maximum absolute atomic E-state index is 11.0. The zero-order valence-electron chi connectivity index (χ0n) is 10.4. The van der Waals surface area contributed by atoms with Crippen LogP contribution < -0.4 is 11.1 Å². The Kier molecular flexibility index (Phi) is 5.77. The third-order valence-corrected chi connectivity index (χ3v) is 3.34. The fourth-order valence-corrected chi connectivity index (χ4v) is 2.29. The fourth-order valence-electron chi connectivity index (χ4n) is 2.29. The molecule has 0 spiro atoms. The summed E-state index contributed by atoms with van der Waals surface area (Å²) < 4.78 is 5.09. The maximum atomic E-state index is 11.0. The van der Waals surface area contributed by atoms with E-state index in [0.29, 0.717) is 12.0 Å². The number of nitrogens with two attached hydrogens (primary N) is 1. The summed E-state index contributed by atoms with van der Waals surface area (Å²) in [6, 6.07) is 0.551. The first-order valence-corrected chi connectivity index (χ1v) is 6.15. The van der Waals surface area contributed by atoms with E-state index >= 15 is 0 Å². The molecule has 1 atom stereocenters. The molecule has 3 N–H and O–H groups in total. The van der Waals surface area contributed by atoms with Crippen LogP contribution in [0.15, 0.2) is 0 Å². The van der Waals surface area contributed by atoms with Gasteiger partial charge in [-0.1, -0.05) is 6.92 Å². The van der Waals surface area contributed by atoms with Crippen molar-refractivity contribution in [1.29, 1.82) is 0 Å². The van der Waals surface area contributed by atoms with Gasteiger partial charge < -0.3 is 15.8 Å². The van der Waals surface area contributed by atoms with Crippen molar-refractivity contribution in [2.24, 2.45) is 17.6 Å². The monoisotopic (exact) mass is 228 g/mol. The molecule has 1 saturated carbocycles. The number of nitrogens with one attached hydrogen (secondary N) is 1. The van der Waals surface area contributed by atoms with Crippen molar-refractivity contribution in [3.63, 3.8) is 0 Å². The highest BCUT2D eigenvalue weighted by Crippen LogP contribution is 2.23. The summed E-state index contributed by atoms with van der Waals surface area (Å²) in [7, 11) is 1.73. The molecule has 1 unspecified atom stereocenters. The van der Waals surface area contributed by atoms with Gasteiger partial charge in [0.05, 0.1) is 0 Å². The van der Waals surface area contributed by atoms with Crippen molar-refractivity contribution in [2.45, 2.75) is 38.6 Å². The number of amides is 1. The van der Waals surface area contributed by atoms with E-state index in [-0.39, 0.29) is 11.8 Å². The highest BCUT2D eigenvalue weighted by Gasteiger charge is 2.24. The zero-order chi connectivity index (χ0) is 12.0. The second-order valence-electron chi connectivity index (χ2n) is 4.92. The lowest BCUT2D eigenvalue weighted by Crippen LogP contribution is -2.38. The zero-order valence-corrected chi connectivity index (χ0v) is 10.4. The molecule has 0 heterocycles. The molecule has 0 aromatic heterocycles. The van der Waals surface area contributed by atoms with Crippen LogP contribution in [0.1, 0.15) is 32.6 Å². The van der Waals surface area contributed by atoms with Crippen molar-refractivity contribution in [1.82, 2.24) is 5.32 Å². The Labute approximate surface area is 97.9 Å². The van der Waals surface area contributed by atoms with E-state index < -0.39 is 0 Å². The first-order chi connectivity index (χ1) is 7.63. The van der Waals surface area contributed by atoms with Crippen LogP contribution in [-0.2, 0) is 9.53 Å². The maximum Gasteiger partial charge on any atom is 0.220 e. The molecule has 1 aliphatic rings. The highest BCUT2D eigenvalue weighted by molar-refractivity contribution is 5.76. The van der Waals surface area contributed by atoms with Crippen LogP contribution in [-0.4, -0.2) is 32.2 Å². The third kappa shape index (κ3) is 4.49. The lowest BCUT2D eigenvalue weighted by atomic mass is 9.85. The molecule has 4 nitrogen and oxygen atoms in total.